The van der Waals surface area contributed by atoms with Crippen LogP contribution in [0.25, 0.3) is 0 Å². The summed E-state index contributed by atoms with van der Waals surface area (Å²) in [4.78, 5) is 4.26. The van der Waals surface area contributed by atoms with Crippen molar-refractivity contribution in [2.24, 2.45) is 10.8 Å². The third-order valence-corrected chi connectivity index (χ3v) is 2.58. The minimum Gasteiger partial charge on any atom is -0.383 e. The highest BCUT2D eigenvalue weighted by Crippen LogP contribution is 2.04. The summed E-state index contributed by atoms with van der Waals surface area (Å²) in [6.07, 6.45) is 6.28. The van der Waals surface area contributed by atoms with E-state index in [9.17, 15) is 0 Å². The van der Waals surface area contributed by atoms with Crippen LogP contribution in [-0.4, -0.2) is 32.3 Å². The van der Waals surface area contributed by atoms with Gasteiger partial charge >= 0.3 is 0 Å². The molecule has 0 amide bonds. The van der Waals surface area contributed by atoms with Crippen molar-refractivity contribution in [2.75, 3.05) is 20.3 Å². The number of guanidine groups is 1. The second-order valence-electron chi connectivity index (χ2n) is 4.26. The lowest BCUT2D eigenvalue weighted by atomic mass is 10.1. The van der Waals surface area contributed by atoms with Crippen molar-refractivity contribution in [1.29, 1.82) is 0 Å². The number of nitrogens with two attached hydrogens (primary N) is 1. The van der Waals surface area contributed by atoms with Crippen LogP contribution in [0.1, 0.15) is 46.0 Å². The van der Waals surface area contributed by atoms with Crippen LogP contribution in [0.15, 0.2) is 4.99 Å². The van der Waals surface area contributed by atoms with Crippen molar-refractivity contribution in [3.8, 4) is 0 Å². The fraction of sp³-hybridized carbons (Fsp3) is 0.917. The van der Waals surface area contributed by atoms with Gasteiger partial charge in [-0.1, -0.05) is 32.6 Å². The highest BCUT2D eigenvalue weighted by Gasteiger charge is 2.03. The highest BCUT2D eigenvalue weighted by molar-refractivity contribution is 5.79. The highest BCUT2D eigenvalue weighted by atomic mass is 16.5. The van der Waals surface area contributed by atoms with Crippen molar-refractivity contribution in [1.82, 2.24) is 10.7 Å². The predicted octanol–water partition coefficient (Wildman–Crippen LogP) is 1.40. The first-order chi connectivity index (χ1) is 8.24. The number of hydrazine groups is 1. The molecule has 1 unspecified atom stereocenters. The van der Waals surface area contributed by atoms with Gasteiger partial charge in [0.25, 0.3) is 0 Å². The molecule has 4 N–H and O–H groups in total. The summed E-state index contributed by atoms with van der Waals surface area (Å²) >= 11 is 0. The molecule has 0 aromatic carbocycles. The molecule has 0 aliphatic heterocycles. The first kappa shape index (κ1) is 16.2. The van der Waals surface area contributed by atoms with E-state index in [-0.39, 0.29) is 0 Å². The lowest BCUT2D eigenvalue weighted by Crippen LogP contribution is -2.45. The summed E-state index contributed by atoms with van der Waals surface area (Å²) in [6.45, 7) is 5.60. The number of nitrogens with one attached hydrogen (secondary N) is 2. The Kier molecular flexibility index (Phi) is 11.1. The topological polar surface area (TPSA) is 71.7 Å². The number of rotatable bonds is 9. The van der Waals surface area contributed by atoms with Gasteiger partial charge in [0.1, 0.15) is 0 Å². The summed E-state index contributed by atoms with van der Waals surface area (Å²) in [5, 5.41) is 3.26. The number of nitrogens with zero attached hydrogens (tertiary/aromatic N) is 1. The average molecular weight is 244 g/mol. The Morgan fingerprint density at radius 3 is 2.71 bits per heavy atom. The SMILES string of the molecule is CCCCCCC(C)NC(=NCCOC)NN. The first-order valence-electron chi connectivity index (χ1n) is 6.51. The van der Waals surface area contributed by atoms with Gasteiger partial charge in [0.05, 0.1) is 13.2 Å². The molecule has 1 atom stereocenters. The fourth-order valence-corrected chi connectivity index (χ4v) is 1.56. The molecule has 0 aliphatic carbocycles. The molecule has 0 aliphatic rings. The van der Waals surface area contributed by atoms with Gasteiger partial charge in [-0.2, -0.15) is 0 Å². The number of ether oxygens (including phenoxy) is 1. The van der Waals surface area contributed by atoms with Crippen molar-refractivity contribution in [2.45, 2.75) is 52.0 Å². The molecular formula is C12H28N4O. The van der Waals surface area contributed by atoms with E-state index in [4.69, 9.17) is 10.6 Å². The molecule has 0 radical (unpaired) electrons. The van der Waals surface area contributed by atoms with E-state index in [1.54, 1.807) is 7.11 Å². The standard InChI is InChI=1S/C12H28N4O/c1-4-5-6-7-8-11(2)15-12(16-13)14-9-10-17-3/h11H,4-10,13H2,1-3H3,(H2,14,15,16). The molecule has 17 heavy (non-hydrogen) atoms. The third kappa shape index (κ3) is 10.1. The molecule has 0 fully saturated rings. The smallest absolute Gasteiger partial charge is 0.206 e. The Bertz CT molecular complexity index is 197. The fourth-order valence-electron chi connectivity index (χ4n) is 1.56. The summed E-state index contributed by atoms with van der Waals surface area (Å²) < 4.78 is 4.93. The molecule has 0 aromatic rings. The van der Waals surface area contributed by atoms with Gasteiger partial charge in [-0.15, -0.1) is 0 Å². The first-order valence-corrected chi connectivity index (χ1v) is 6.51. The predicted molar refractivity (Wildman–Crippen MR) is 72.9 cm³/mol. The Hall–Kier alpha value is -0.810. The second kappa shape index (κ2) is 11.7. The Morgan fingerprint density at radius 2 is 2.12 bits per heavy atom. The molecule has 5 nitrogen and oxygen atoms in total. The van der Waals surface area contributed by atoms with E-state index in [2.05, 4.69) is 29.6 Å². The molecule has 102 valence electrons. The maximum atomic E-state index is 5.40. The number of hydrogen-bond donors (Lipinski definition) is 3. The van der Waals surface area contributed by atoms with Gasteiger partial charge in [0.15, 0.2) is 0 Å². The van der Waals surface area contributed by atoms with Crippen LogP contribution in [0.5, 0.6) is 0 Å². The van der Waals surface area contributed by atoms with Crippen molar-refractivity contribution in [3.63, 3.8) is 0 Å². The minimum atomic E-state index is 0.393. The minimum absolute atomic E-state index is 0.393. The van der Waals surface area contributed by atoms with E-state index in [1.165, 1.54) is 25.7 Å². The van der Waals surface area contributed by atoms with Crippen LogP contribution in [0.4, 0.5) is 0 Å². The Balaban J connectivity index is 3.73. The quantitative estimate of drug-likeness (QED) is 0.188. The van der Waals surface area contributed by atoms with E-state index in [0.717, 1.165) is 6.42 Å². The maximum Gasteiger partial charge on any atom is 0.206 e. The van der Waals surface area contributed by atoms with E-state index in [0.29, 0.717) is 25.2 Å². The summed E-state index contributed by atoms with van der Waals surface area (Å²) in [5.74, 6) is 6.04. The molecule has 0 aromatic heterocycles. The van der Waals surface area contributed by atoms with Crippen molar-refractivity contribution < 1.29 is 4.74 Å². The molecular weight excluding hydrogens is 216 g/mol. The number of hydrogen-bond acceptors (Lipinski definition) is 3. The lowest BCUT2D eigenvalue weighted by molar-refractivity contribution is 0.208. The Morgan fingerprint density at radius 1 is 1.35 bits per heavy atom. The zero-order valence-electron chi connectivity index (χ0n) is 11.5. The van der Waals surface area contributed by atoms with E-state index >= 15 is 0 Å². The van der Waals surface area contributed by atoms with Gasteiger partial charge < -0.3 is 10.1 Å². The normalized spacial score (nSPS) is 13.5. The zero-order chi connectivity index (χ0) is 12.9. The number of unbranched alkanes of at least 4 members (excludes halogenated alkanes) is 3. The summed E-state index contributed by atoms with van der Waals surface area (Å²) in [7, 11) is 1.66. The number of aliphatic imine (C=N–C) groups is 1. The molecule has 0 spiro atoms. The van der Waals surface area contributed by atoms with Crippen LogP contribution in [0.2, 0.25) is 0 Å². The van der Waals surface area contributed by atoms with Crippen LogP contribution in [-0.2, 0) is 4.74 Å². The molecule has 0 heterocycles. The lowest BCUT2D eigenvalue weighted by Gasteiger charge is -2.16. The van der Waals surface area contributed by atoms with Gasteiger partial charge in [-0.25, -0.2) is 10.8 Å². The van der Waals surface area contributed by atoms with Crippen LogP contribution in [0, 0.1) is 0 Å². The van der Waals surface area contributed by atoms with Gasteiger partial charge in [-0.3, -0.25) is 5.43 Å². The van der Waals surface area contributed by atoms with Gasteiger partial charge in [-0.05, 0) is 13.3 Å². The largest absolute Gasteiger partial charge is 0.383 e. The van der Waals surface area contributed by atoms with Crippen molar-refractivity contribution in [3.05, 3.63) is 0 Å². The Labute approximate surface area is 105 Å². The molecule has 0 rings (SSSR count). The molecule has 0 bridgehead atoms. The van der Waals surface area contributed by atoms with Crippen LogP contribution >= 0.6 is 0 Å². The van der Waals surface area contributed by atoms with Crippen LogP contribution < -0.4 is 16.6 Å². The van der Waals surface area contributed by atoms with Gasteiger partial charge in [0, 0.05) is 13.2 Å². The van der Waals surface area contributed by atoms with E-state index in [1.807, 2.05) is 0 Å². The third-order valence-electron chi connectivity index (χ3n) is 2.58. The maximum absolute atomic E-state index is 5.40. The monoisotopic (exact) mass is 244 g/mol. The zero-order valence-corrected chi connectivity index (χ0v) is 11.5. The van der Waals surface area contributed by atoms with Crippen molar-refractivity contribution >= 4 is 5.96 Å². The second-order valence-corrected chi connectivity index (χ2v) is 4.26. The van der Waals surface area contributed by atoms with E-state index < -0.39 is 0 Å². The summed E-state index contributed by atoms with van der Waals surface area (Å²) in [6, 6.07) is 0.393. The van der Waals surface area contributed by atoms with Crippen LogP contribution in [0.3, 0.4) is 0 Å². The molecule has 5 heteroatoms. The molecule has 0 saturated carbocycles. The molecule has 0 saturated heterocycles. The van der Waals surface area contributed by atoms with Gasteiger partial charge in [0.2, 0.25) is 5.96 Å². The average Bonchev–Trinajstić information content (AvgIpc) is 2.33. The summed E-state index contributed by atoms with van der Waals surface area (Å²) in [5.41, 5.74) is 2.58. The number of methoxy groups -OCH3 is 1.